The van der Waals surface area contributed by atoms with Gasteiger partial charge < -0.3 is 15.2 Å². The van der Waals surface area contributed by atoms with Crippen molar-refractivity contribution >= 4 is 0 Å². The molecule has 2 N–H and O–H groups in total. The lowest BCUT2D eigenvalue weighted by Crippen LogP contribution is -2.26. The van der Waals surface area contributed by atoms with Crippen LogP contribution >= 0.6 is 0 Å². The predicted octanol–water partition coefficient (Wildman–Crippen LogP) is 2.05. The Morgan fingerprint density at radius 3 is 3.00 bits per heavy atom. The van der Waals surface area contributed by atoms with Gasteiger partial charge in [-0.25, -0.2) is 0 Å². The van der Waals surface area contributed by atoms with Crippen LogP contribution in [0.25, 0.3) is 0 Å². The van der Waals surface area contributed by atoms with Gasteiger partial charge in [0.2, 0.25) is 0 Å². The average molecular weight is 233 g/mol. The summed E-state index contributed by atoms with van der Waals surface area (Å²) in [6.07, 6.45) is 2.31. The van der Waals surface area contributed by atoms with Crippen molar-refractivity contribution < 1.29 is 9.47 Å². The van der Waals surface area contributed by atoms with Crippen LogP contribution in [0.15, 0.2) is 18.2 Å². The first kappa shape index (κ1) is 11.1. The maximum absolute atomic E-state index is 6.40. The lowest BCUT2D eigenvalue weighted by Gasteiger charge is -2.23. The number of ether oxygens (including phenoxy) is 2. The third-order valence-electron chi connectivity index (χ3n) is 4.00. The van der Waals surface area contributed by atoms with Crippen molar-refractivity contribution in [3.05, 3.63) is 29.3 Å². The molecule has 0 bridgehead atoms. The summed E-state index contributed by atoms with van der Waals surface area (Å²) in [6, 6.07) is 6.34. The Bertz CT molecular complexity index is 419. The van der Waals surface area contributed by atoms with E-state index in [0.29, 0.717) is 5.92 Å². The van der Waals surface area contributed by atoms with Crippen molar-refractivity contribution in [3.8, 4) is 5.75 Å². The molecule has 1 aromatic rings. The van der Waals surface area contributed by atoms with Crippen LogP contribution in [0.2, 0.25) is 0 Å². The van der Waals surface area contributed by atoms with Gasteiger partial charge in [-0.15, -0.1) is 0 Å². The fraction of sp³-hybridized carbons (Fsp3) is 0.571. The van der Waals surface area contributed by atoms with Gasteiger partial charge >= 0.3 is 0 Å². The molecule has 1 saturated heterocycles. The Morgan fingerprint density at radius 1 is 1.35 bits per heavy atom. The smallest absolute Gasteiger partial charge is 0.127 e. The summed E-state index contributed by atoms with van der Waals surface area (Å²) >= 11 is 0. The van der Waals surface area contributed by atoms with E-state index in [1.54, 1.807) is 0 Å². The summed E-state index contributed by atoms with van der Waals surface area (Å²) in [5.74, 6) is 1.44. The third-order valence-corrected chi connectivity index (χ3v) is 4.00. The first-order valence-electron chi connectivity index (χ1n) is 6.39. The molecule has 1 fully saturated rings. The number of para-hydroxylation sites is 1. The minimum atomic E-state index is 0.0283. The first-order chi connectivity index (χ1) is 8.27. The minimum Gasteiger partial charge on any atom is -0.493 e. The van der Waals surface area contributed by atoms with Gasteiger partial charge in [0.05, 0.1) is 12.7 Å². The molecule has 0 saturated carbocycles. The second kappa shape index (κ2) is 4.31. The quantitative estimate of drug-likeness (QED) is 0.850. The van der Waals surface area contributed by atoms with Gasteiger partial charge in [-0.2, -0.15) is 0 Å². The lowest BCUT2D eigenvalue weighted by molar-refractivity contribution is 0.0992. The van der Waals surface area contributed by atoms with Crippen LogP contribution in [-0.2, 0) is 11.2 Å². The van der Waals surface area contributed by atoms with Gasteiger partial charge in [-0.1, -0.05) is 18.2 Å². The van der Waals surface area contributed by atoms with Crippen LogP contribution in [0.5, 0.6) is 5.75 Å². The van der Waals surface area contributed by atoms with Crippen molar-refractivity contribution in [2.24, 2.45) is 11.7 Å². The number of nitrogens with two attached hydrogens (primary N) is 1. The van der Waals surface area contributed by atoms with E-state index in [2.05, 4.69) is 25.1 Å². The molecule has 0 radical (unpaired) electrons. The summed E-state index contributed by atoms with van der Waals surface area (Å²) in [5.41, 5.74) is 8.85. The molecule has 3 atom stereocenters. The maximum Gasteiger partial charge on any atom is 0.127 e. The topological polar surface area (TPSA) is 44.5 Å². The average Bonchev–Trinajstić information content (AvgIpc) is 2.95. The van der Waals surface area contributed by atoms with E-state index in [0.717, 1.165) is 37.4 Å². The fourth-order valence-corrected chi connectivity index (χ4v) is 2.95. The van der Waals surface area contributed by atoms with Gasteiger partial charge in [-0.3, -0.25) is 0 Å². The molecule has 17 heavy (non-hydrogen) atoms. The Kier molecular flexibility index (Phi) is 2.81. The second-order valence-electron chi connectivity index (χ2n) is 4.99. The molecule has 0 aliphatic carbocycles. The van der Waals surface area contributed by atoms with Crippen LogP contribution in [0, 0.1) is 5.92 Å². The zero-order chi connectivity index (χ0) is 11.8. The Labute approximate surface area is 102 Å². The van der Waals surface area contributed by atoms with Crippen molar-refractivity contribution in [1.29, 1.82) is 0 Å². The van der Waals surface area contributed by atoms with Crippen LogP contribution in [0.3, 0.4) is 0 Å². The van der Waals surface area contributed by atoms with Crippen molar-refractivity contribution in [2.75, 3.05) is 13.2 Å². The standard InChI is InChI=1S/C14H19NO2/c1-9-11(6-8-16-9)13(15)12-4-2-3-10-5-7-17-14(10)12/h2-4,9,11,13H,5-8,15H2,1H3. The highest BCUT2D eigenvalue weighted by Gasteiger charge is 2.33. The molecule has 3 nitrogen and oxygen atoms in total. The Morgan fingerprint density at radius 2 is 2.24 bits per heavy atom. The van der Waals surface area contributed by atoms with E-state index in [1.165, 1.54) is 5.56 Å². The maximum atomic E-state index is 6.40. The highest BCUT2D eigenvalue weighted by Crippen LogP contribution is 2.39. The summed E-state index contributed by atoms with van der Waals surface area (Å²) < 4.78 is 11.3. The lowest BCUT2D eigenvalue weighted by atomic mass is 9.88. The number of hydrogen-bond donors (Lipinski definition) is 1. The second-order valence-corrected chi connectivity index (χ2v) is 4.99. The number of rotatable bonds is 2. The van der Waals surface area contributed by atoms with E-state index in [9.17, 15) is 0 Å². The Hall–Kier alpha value is -1.06. The summed E-state index contributed by atoms with van der Waals surface area (Å²) in [6.45, 7) is 3.73. The van der Waals surface area contributed by atoms with Gasteiger partial charge in [0.1, 0.15) is 5.75 Å². The predicted molar refractivity (Wildman–Crippen MR) is 66.1 cm³/mol. The Balaban J connectivity index is 1.91. The summed E-state index contributed by atoms with van der Waals surface area (Å²) in [5, 5.41) is 0. The molecule has 0 spiro atoms. The van der Waals surface area contributed by atoms with E-state index in [4.69, 9.17) is 15.2 Å². The van der Waals surface area contributed by atoms with Crippen LogP contribution in [0.4, 0.5) is 0 Å². The van der Waals surface area contributed by atoms with Crippen molar-refractivity contribution in [1.82, 2.24) is 0 Å². The third kappa shape index (κ3) is 1.83. The van der Waals surface area contributed by atoms with Crippen LogP contribution in [0.1, 0.15) is 30.5 Å². The zero-order valence-electron chi connectivity index (χ0n) is 10.2. The molecule has 0 aromatic heterocycles. The number of benzene rings is 1. The fourth-order valence-electron chi connectivity index (χ4n) is 2.95. The van der Waals surface area contributed by atoms with E-state index in [1.807, 2.05) is 0 Å². The molecule has 1 aromatic carbocycles. The van der Waals surface area contributed by atoms with Crippen molar-refractivity contribution in [3.63, 3.8) is 0 Å². The van der Waals surface area contributed by atoms with Gasteiger partial charge in [0.15, 0.2) is 0 Å². The summed E-state index contributed by atoms with van der Waals surface area (Å²) in [7, 11) is 0. The molecule has 0 amide bonds. The van der Waals surface area contributed by atoms with Gasteiger partial charge in [0.25, 0.3) is 0 Å². The first-order valence-corrected chi connectivity index (χ1v) is 6.39. The molecule has 92 valence electrons. The molecular weight excluding hydrogens is 214 g/mol. The minimum absolute atomic E-state index is 0.0283. The molecule has 3 rings (SSSR count). The largest absolute Gasteiger partial charge is 0.493 e. The highest BCUT2D eigenvalue weighted by atomic mass is 16.5. The molecule has 3 unspecified atom stereocenters. The monoisotopic (exact) mass is 233 g/mol. The number of hydrogen-bond acceptors (Lipinski definition) is 3. The molecule has 2 aliphatic rings. The number of fused-ring (bicyclic) bond motifs is 1. The molecule has 2 heterocycles. The summed E-state index contributed by atoms with van der Waals surface area (Å²) in [4.78, 5) is 0. The molecular formula is C14H19NO2. The van der Waals surface area contributed by atoms with E-state index < -0.39 is 0 Å². The normalized spacial score (nSPS) is 28.8. The van der Waals surface area contributed by atoms with E-state index >= 15 is 0 Å². The van der Waals surface area contributed by atoms with E-state index in [-0.39, 0.29) is 12.1 Å². The SMILES string of the molecule is CC1OCCC1C(N)c1cccc2c1OCC2. The van der Waals surface area contributed by atoms with Crippen LogP contribution in [-0.4, -0.2) is 19.3 Å². The van der Waals surface area contributed by atoms with Gasteiger partial charge in [-0.05, 0) is 18.9 Å². The molecule has 3 heteroatoms. The van der Waals surface area contributed by atoms with Crippen LogP contribution < -0.4 is 10.5 Å². The van der Waals surface area contributed by atoms with Crippen molar-refractivity contribution in [2.45, 2.75) is 31.9 Å². The van der Waals surface area contributed by atoms with Gasteiger partial charge in [0, 0.05) is 30.6 Å². The molecule has 2 aliphatic heterocycles. The zero-order valence-corrected chi connectivity index (χ0v) is 10.2. The highest BCUT2D eigenvalue weighted by molar-refractivity contribution is 5.45.